The average molecular weight is 465 g/mol. The third-order valence-electron chi connectivity index (χ3n) is 5.30. The molecule has 2 amide bonds. The molecule has 0 spiro atoms. The number of benzene rings is 1. The highest BCUT2D eigenvalue weighted by molar-refractivity contribution is 5.84. The van der Waals surface area contributed by atoms with E-state index in [1.165, 1.54) is 30.3 Å². The number of carbonyl (C=O) groups excluding carboxylic acids is 2. The van der Waals surface area contributed by atoms with Crippen LogP contribution in [0.2, 0.25) is 0 Å². The van der Waals surface area contributed by atoms with Gasteiger partial charge in [-0.3, -0.25) is 20.4 Å². The summed E-state index contributed by atoms with van der Waals surface area (Å²) in [5.41, 5.74) is 5.31. The van der Waals surface area contributed by atoms with Crippen molar-refractivity contribution in [2.24, 2.45) is 5.92 Å². The molecule has 13 heteroatoms. The standard InChI is InChI=1S/C20H19F4N7O2/c21-14-3-1-12(2-4-14)11-17(32)26-27-18(33)13-7-9-30(10-8-13)16-6-5-15-25-28-19(20(22,23)24)31(15)29-16/h1-6,13H,7-11H2,(H,26,32)(H,27,33). The summed E-state index contributed by atoms with van der Waals surface area (Å²) in [6.07, 6.45) is -3.85. The molecule has 33 heavy (non-hydrogen) atoms. The van der Waals surface area contributed by atoms with Gasteiger partial charge in [-0.2, -0.15) is 17.7 Å². The fourth-order valence-corrected chi connectivity index (χ4v) is 3.56. The highest BCUT2D eigenvalue weighted by Gasteiger charge is 2.38. The predicted octanol–water partition coefficient (Wildman–Crippen LogP) is 1.89. The largest absolute Gasteiger partial charge is 0.453 e. The monoisotopic (exact) mass is 465 g/mol. The summed E-state index contributed by atoms with van der Waals surface area (Å²) in [6, 6.07) is 8.41. The van der Waals surface area contributed by atoms with Crippen LogP contribution in [0, 0.1) is 11.7 Å². The Bertz CT molecular complexity index is 1160. The van der Waals surface area contributed by atoms with Crippen LogP contribution < -0.4 is 15.8 Å². The molecule has 2 N–H and O–H groups in total. The number of nitrogens with one attached hydrogen (secondary N) is 2. The smallest absolute Gasteiger partial charge is 0.355 e. The number of hydrazine groups is 1. The Morgan fingerprint density at radius 3 is 2.36 bits per heavy atom. The normalized spacial score (nSPS) is 15.0. The molecule has 0 unspecified atom stereocenters. The van der Waals surface area contributed by atoms with Crippen molar-refractivity contribution in [3.05, 3.63) is 53.6 Å². The maximum atomic E-state index is 13.1. The van der Waals surface area contributed by atoms with Crippen molar-refractivity contribution in [2.75, 3.05) is 18.0 Å². The van der Waals surface area contributed by atoms with Crippen molar-refractivity contribution < 1.29 is 27.2 Å². The number of aromatic nitrogens is 4. The minimum absolute atomic E-state index is 0.0169. The summed E-state index contributed by atoms with van der Waals surface area (Å²) < 4.78 is 52.8. The lowest BCUT2D eigenvalue weighted by atomic mass is 9.96. The average Bonchev–Trinajstić information content (AvgIpc) is 3.23. The highest BCUT2D eigenvalue weighted by Crippen LogP contribution is 2.28. The van der Waals surface area contributed by atoms with Crippen molar-refractivity contribution in [1.29, 1.82) is 0 Å². The lowest BCUT2D eigenvalue weighted by molar-refractivity contribution is -0.146. The van der Waals surface area contributed by atoms with Gasteiger partial charge in [-0.25, -0.2) is 4.39 Å². The fraction of sp³-hybridized carbons (Fsp3) is 0.350. The number of alkyl halides is 3. The molecule has 1 saturated heterocycles. The number of fused-ring (bicyclic) bond motifs is 1. The van der Waals surface area contributed by atoms with Gasteiger partial charge in [-0.15, -0.1) is 15.3 Å². The van der Waals surface area contributed by atoms with E-state index in [2.05, 4.69) is 26.1 Å². The van der Waals surface area contributed by atoms with Crippen LogP contribution >= 0.6 is 0 Å². The second-order valence-electron chi connectivity index (χ2n) is 7.58. The molecule has 1 aromatic carbocycles. The first-order chi connectivity index (χ1) is 15.7. The Labute approximate surface area is 184 Å². The summed E-state index contributed by atoms with van der Waals surface area (Å²) in [5, 5.41) is 10.7. The Balaban J connectivity index is 1.30. The molecule has 9 nitrogen and oxygen atoms in total. The quantitative estimate of drug-likeness (QED) is 0.451. The second kappa shape index (κ2) is 9.00. The van der Waals surface area contributed by atoms with E-state index in [9.17, 15) is 27.2 Å². The van der Waals surface area contributed by atoms with Crippen molar-refractivity contribution >= 4 is 23.3 Å². The van der Waals surface area contributed by atoms with Crippen LogP contribution in [0.5, 0.6) is 0 Å². The topological polar surface area (TPSA) is 105 Å². The second-order valence-corrected chi connectivity index (χ2v) is 7.58. The van der Waals surface area contributed by atoms with Gasteiger partial charge in [0.2, 0.25) is 11.8 Å². The van der Waals surface area contributed by atoms with E-state index in [1.807, 2.05) is 0 Å². The first-order valence-corrected chi connectivity index (χ1v) is 10.1. The molecular weight excluding hydrogens is 446 g/mol. The Morgan fingerprint density at radius 1 is 1.00 bits per heavy atom. The number of piperidine rings is 1. The minimum atomic E-state index is -4.68. The summed E-state index contributed by atoms with van der Waals surface area (Å²) in [5.74, 6) is -2.47. The number of anilines is 1. The Hall–Kier alpha value is -3.77. The summed E-state index contributed by atoms with van der Waals surface area (Å²) in [6.45, 7) is 0.785. The number of halogens is 4. The molecule has 0 bridgehead atoms. The number of amides is 2. The van der Waals surface area contributed by atoms with Gasteiger partial charge in [0.25, 0.3) is 5.82 Å². The lowest BCUT2D eigenvalue weighted by Crippen LogP contribution is -2.48. The molecule has 0 aliphatic carbocycles. The van der Waals surface area contributed by atoms with Crippen molar-refractivity contribution in [3.63, 3.8) is 0 Å². The van der Waals surface area contributed by atoms with Gasteiger partial charge in [0.1, 0.15) is 11.6 Å². The molecule has 0 saturated carbocycles. The number of hydrogen-bond acceptors (Lipinski definition) is 6. The zero-order valence-corrected chi connectivity index (χ0v) is 17.1. The van der Waals surface area contributed by atoms with Crippen LogP contribution in [0.4, 0.5) is 23.4 Å². The molecule has 4 rings (SSSR count). The summed E-state index contributed by atoms with van der Waals surface area (Å²) in [4.78, 5) is 26.1. The predicted molar refractivity (Wildman–Crippen MR) is 107 cm³/mol. The van der Waals surface area contributed by atoms with E-state index < -0.39 is 23.7 Å². The molecular formula is C20H19F4N7O2. The van der Waals surface area contributed by atoms with Gasteiger partial charge in [-0.05, 0) is 42.7 Å². The van der Waals surface area contributed by atoms with Crippen LogP contribution in [-0.2, 0) is 22.2 Å². The SMILES string of the molecule is O=C(Cc1ccc(F)cc1)NNC(=O)C1CCN(c2ccc3nnc(C(F)(F)F)n3n2)CC1. The minimum Gasteiger partial charge on any atom is -0.355 e. The van der Waals surface area contributed by atoms with Crippen LogP contribution in [-0.4, -0.2) is 44.7 Å². The van der Waals surface area contributed by atoms with Gasteiger partial charge in [0.15, 0.2) is 5.65 Å². The maximum absolute atomic E-state index is 13.1. The molecule has 3 heterocycles. The van der Waals surface area contributed by atoms with E-state index in [4.69, 9.17) is 0 Å². The molecule has 174 valence electrons. The molecule has 2 aromatic heterocycles. The van der Waals surface area contributed by atoms with Crippen molar-refractivity contribution in [2.45, 2.75) is 25.4 Å². The van der Waals surface area contributed by atoms with E-state index in [0.29, 0.717) is 41.8 Å². The molecule has 1 aliphatic rings. The molecule has 0 radical (unpaired) electrons. The van der Waals surface area contributed by atoms with Crippen LogP contribution in [0.15, 0.2) is 36.4 Å². The van der Waals surface area contributed by atoms with Crippen LogP contribution in [0.3, 0.4) is 0 Å². The van der Waals surface area contributed by atoms with Crippen LogP contribution in [0.1, 0.15) is 24.2 Å². The van der Waals surface area contributed by atoms with Crippen LogP contribution in [0.25, 0.3) is 5.65 Å². The first kappa shape index (κ1) is 22.4. The summed E-state index contributed by atoms with van der Waals surface area (Å²) in [7, 11) is 0. The van der Waals surface area contributed by atoms with Gasteiger partial charge in [0.05, 0.1) is 6.42 Å². The maximum Gasteiger partial charge on any atom is 0.453 e. The number of rotatable bonds is 4. The molecule has 1 fully saturated rings. The van der Waals surface area contributed by atoms with E-state index in [0.717, 1.165) is 0 Å². The molecule has 3 aromatic rings. The Kier molecular flexibility index (Phi) is 6.11. The van der Waals surface area contributed by atoms with Gasteiger partial charge in [-0.1, -0.05) is 12.1 Å². The van der Waals surface area contributed by atoms with E-state index >= 15 is 0 Å². The highest BCUT2D eigenvalue weighted by atomic mass is 19.4. The van der Waals surface area contributed by atoms with Gasteiger partial charge in [0, 0.05) is 19.0 Å². The lowest BCUT2D eigenvalue weighted by Gasteiger charge is -2.32. The van der Waals surface area contributed by atoms with E-state index in [1.54, 1.807) is 11.0 Å². The zero-order valence-electron chi connectivity index (χ0n) is 17.1. The number of carbonyl (C=O) groups is 2. The first-order valence-electron chi connectivity index (χ1n) is 10.1. The van der Waals surface area contributed by atoms with Crippen molar-refractivity contribution in [3.8, 4) is 0 Å². The molecule has 0 atom stereocenters. The number of hydrogen-bond donors (Lipinski definition) is 2. The van der Waals surface area contributed by atoms with Gasteiger partial charge < -0.3 is 4.90 Å². The third kappa shape index (κ3) is 5.18. The molecule has 1 aliphatic heterocycles. The number of nitrogens with zero attached hydrogens (tertiary/aromatic N) is 5. The Morgan fingerprint density at radius 2 is 1.70 bits per heavy atom. The third-order valence-corrected chi connectivity index (χ3v) is 5.30. The van der Waals surface area contributed by atoms with Gasteiger partial charge >= 0.3 is 6.18 Å². The fourth-order valence-electron chi connectivity index (χ4n) is 3.56. The zero-order chi connectivity index (χ0) is 23.6. The van der Waals surface area contributed by atoms with Crippen molar-refractivity contribution in [1.82, 2.24) is 30.7 Å². The van der Waals surface area contributed by atoms with E-state index in [-0.39, 0.29) is 23.9 Å². The summed E-state index contributed by atoms with van der Waals surface area (Å²) >= 11 is 0.